The Balaban J connectivity index is 0.000000134. The fourth-order valence-corrected chi connectivity index (χ4v) is 3.47. The summed E-state index contributed by atoms with van der Waals surface area (Å²) in [7, 11) is 0. The first kappa shape index (κ1) is 16.0. The van der Waals surface area contributed by atoms with E-state index in [9.17, 15) is 0 Å². The average Bonchev–Trinajstić information content (AvgIpc) is 2.91. The van der Waals surface area contributed by atoms with E-state index in [0.29, 0.717) is 0 Å². The van der Waals surface area contributed by atoms with E-state index in [0.717, 1.165) is 16.1 Å². The number of fused-ring (bicyclic) bond motifs is 2. The third-order valence-corrected chi connectivity index (χ3v) is 5.08. The van der Waals surface area contributed by atoms with Gasteiger partial charge in [-0.25, -0.2) is 0 Å². The molecule has 4 bridgehead atoms. The Kier molecular flexibility index (Phi) is 4.90. The van der Waals surface area contributed by atoms with Crippen LogP contribution in [0.5, 0.6) is 5.75 Å². The number of aromatic hydroxyl groups is 1. The van der Waals surface area contributed by atoms with E-state index in [4.69, 9.17) is 16.7 Å². The summed E-state index contributed by atoms with van der Waals surface area (Å²) >= 11 is 5.84. The minimum atomic E-state index is 0.277. The summed E-state index contributed by atoms with van der Waals surface area (Å²) < 4.78 is 0. The summed E-state index contributed by atoms with van der Waals surface area (Å²) in [6.45, 7) is 13.5. The van der Waals surface area contributed by atoms with Crippen LogP contribution >= 0.6 is 11.6 Å². The van der Waals surface area contributed by atoms with E-state index in [1.165, 1.54) is 52.9 Å². The maximum absolute atomic E-state index is 9.06. The second-order valence-corrected chi connectivity index (χ2v) is 6.91. The highest BCUT2D eigenvalue weighted by Crippen LogP contribution is 2.24. The van der Waals surface area contributed by atoms with Crippen LogP contribution in [0.3, 0.4) is 0 Å². The molecular weight excluding hydrogens is 300 g/mol. The molecule has 0 radical (unpaired) electrons. The highest BCUT2D eigenvalue weighted by atomic mass is 35.5. The van der Waals surface area contributed by atoms with Gasteiger partial charge in [0, 0.05) is 31.2 Å². The van der Waals surface area contributed by atoms with Gasteiger partial charge >= 0.3 is 0 Å². The standard InChI is InChI=1S/C8H9ClO.C8H16N4/c1-5-3-7(10)4-6(2)8(5)9;1-2-10-7-11-3-4-12(8-10)6-9(1)5-11/h3-4,10H,1-2H3;1-8H2. The Morgan fingerprint density at radius 3 is 1.41 bits per heavy atom. The fourth-order valence-electron chi connectivity index (χ4n) is 3.36. The maximum atomic E-state index is 9.06. The van der Waals surface area contributed by atoms with E-state index < -0.39 is 0 Å². The minimum Gasteiger partial charge on any atom is -0.508 e. The summed E-state index contributed by atoms with van der Waals surface area (Å²) in [6, 6.07) is 3.30. The molecule has 1 aromatic carbocycles. The van der Waals surface area contributed by atoms with E-state index in [1.54, 1.807) is 12.1 Å². The van der Waals surface area contributed by atoms with Crippen molar-refractivity contribution in [3.8, 4) is 5.75 Å². The van der Waals surface area contributed by atoms with Crippen molar-refractivity contribution in [1.29, 1.82) is 0 Å². The zero-order chi connectivity index (χ0) is 15.7. The zero-order valence-corrected chi connectivity index (χ0v) is 14.2. The summed E-state index contributed by atoms with van der Waals surface area (Å²) in [5.74, 6) is 0.277. The van der Waals surface area contributed by atoms with Crippen LogP contribution in [-0.4, -0.2) is 77.6 Å². The molecule has 0 aromatic heterocycles. The van der Waals surface area contributed by atoms with Gasteiger partial charge in [0.25, 0.3) is 0 Å². The van der Waals surface area contributed by atoms with Crippen LogP contribution in [0.15, 0.2) is 12.1 Å². The quantitative estimate of drug-likeness (QED) is 0.786. The number of aryl methyl sites for hydroxylation is 2. The normalized spacial score (nSPS) is 32.9. The molecule has 4 heterocycles. The molecule has 4 aliphatic heterocycles. The SMILES string of the molecule is C1CN2CN3CCN(CN1C3)C2.Cc1cc(O)cc(C)c1Cl. The molecule has 122 valence electrons. The number of benzene rings is 1. The van der Waals surface area contributed by atoms with Crippen molar-refractivity contribution in [3.63, 3.8) is 0 Å². The first-order valence-electron chi connectivity index (χ1n) is 7.86. The average molecular weight is 325 g/mol. The Hall–Kier alpha value is -0.850. The van der Waals surface area contributed by atoms with Gasteiger partial charge in [-0.1, -0.05) is 11.6 Å². The zero-order valence-electron chi connectivity index (χ0n) is 13.4. The van der Waals surface area contributed by atoms with Crippen molar-refractivity contribution in [2.24, 2.45) is 0 Å². The first-order valence-corrected chi connectivity index (χ1v) is 8.24. The van der Waals surface area contributed by atoms with Crippen LogP contribution in [0.25, 0.3) is 0 Å². The van der Waals surface area contributed by atoms with Gasteiger partial charge in [-0.15, -0.1) is 0 Å². The van der Waals surface area contributed by atoms with Gasteiger partial charge in [0.05, 0.1) is 26.7 Å². The monoisotopic (exact) mass is 324 g/mol. The number of hydrogen-bond donors (Lipinski definition) is 1. The molecule has 0 atom stereocenters. The number of halogens is 1. The number of phenols is 1. The Morgan fingerprint density at radius 1 is 0.773 bits per heavy atom. The topological polar surface area (TPSA) is 33.2 Å². The number of nitrogens with zero attached hydrogens (tertiary/aromatic N) is 4. The molecule has 5 nitrogen and oxygen atoms in total. The van der Waals surface area contributed by atoms with Gasteiger partial charge in [-0.3, -0.25) is 19.6 Å². The minimum absolute atomic E-state index is 0.277. The van der Waals surface area contributed by atoms with Crippen LogP contribution in [0.4, 0.5) is 0 Å². The van der Waals surface area contributed by atoms with E-state index in [-0.39, 0.29) is 5.75 Å². The Labute approximate surface area is 137 Å². The smallest absolute Gasteiger partial charge is 0.116 e. The second kappa shape index (κ2) is 6.72. The van der Waals surface area contributed by atoms with Gasteiger partial charge < -0.3 is 5.11 Å². The van der Waals surface area contributed by atoms with E-state index in [1.807, 2.05) is 13.8 Å². The molecule has 0 aliphatic carbocycles. The van der Waals surface area contributed by atoms with Crippen LogP contribution in [0.2, 0.25) is 5.02 Å². The highest BCUT2D eigenvalue weighted by molar-refractivity contribution is 6.32. The predicted octanol–water partition coefficient (Wildman–Crippen LogP) is 1.73. The van der Waals surface area contributed by atoms with Crippen molar-refractivity contribution < 1.29 is 5.11 Å². The lowest BCUT2D eigenvalue weighted by molar-refractivity contribution is 0.0752. The Morgan fingerprint density at radius 2 is 1.09 bits per heavy atom. The maximum Gasteiger partial charge on any atom is 0.116 e. The lowest BCUT2D eigenvalue weighted by Crippen LogP contribution is -2.43. The predicted molar refractivity (Wildman–Crippen MR) is 88.9 cm³/mol. The third-order valence-electron chi connectivity index (χ3n) is 4.49. The molecule has 0 amide bonds. The van der Waals surface area contributed by atoms with Crippen LogP contribution in [0, 0.1) is 13.8 Å². The molecule has 0 unspecified atom stereocenters. The van der Waals surface area contributed by atoms with Gasteiger partial charge in [-0.2, -0.15) is 0 Å². The summed E-state index contributed by atoms with van der Waals surface area (Å²) in [4.78, 5) is 10.2. The molecule has 1 N–H and O–H groups in total. The molecule has 4 aliphatic rings. The van der Waals surface area contributed by atoms with Gasteiger partial charge in [0.2, 0.25) is 0 Å². The summed E-state index contributed by atoms with van der Waals surface area (Å²) in [5, 5.41) is 9.79. The van der Waals surface area contributed by atoms with Crippen molar-refractivity contribution >= 4 is 11.6 Å². The van der Waals surface area contributed by atoms with Crippen molar-refractivity contribution in [2.75, 3.05) is 52.9 Å². The number of rotatable bonds is 0. The number of phenolic OH excluding ortho intramolecular Hbond substituents is 1. The molecular formula is C16H25ClN4O. The number of hydrogen-bond acceptors (Lipinski definition) is 5. The van der Waals surface area contributed by atoms with Crippen LogP contribution < -0.4 is 0 Å². The molecule has 4 saturated heterocycles. The van der Waals surface area contributed by atoms with Crippen molar-refractivity contribution in [1.82, 2.24) is 19.6 Å². The third kappa shape index (κ3) is 3.73. The molecule has 6 heteroatoms. The highest BCUT2D eigenvalue weighted by Gasteiger charge is 2.30. The van der Waals surface area contributed by atoms with Crippen LogP contribution in [-0.2, 0) is 0 Å². The van der Waals surface area contributed by atoms with Crippen molar-refractivity contribution in [2.45, 2.75) is 13.8 Å². The van der Waals surface area contributed by atoms with Gasteiger partial charge in [-0.05, 0) is 37.1 Å². The molecule has 4 fully saturated rings. The van der Waals surface area contributed by atoms with Gasteiger partial charge in [0.1, 0.15) is 5.75 Å². The van der Waals surface area contributed by atoms with E-state index >= 15 is 0 Å². The molecule has 0 saturated carbocycles. The molecule has 5 rings (SSSR count). The fraction of sp³-hybridized carbons (Fsp3) is 0.625. The largest absolute Gasteiger partial charge is 0.508 e. The molecule has 0 spiro atoms. The lowest BCUT2D eigenvalue weighted by atomic mass is 10.1. The van der Waals surface area contributed by atoms with Crippen molar-refractivity contribution in [3.05, 3.63) is 28.3 Å². The first-order chi connectivity index (χ1) is 10.5. The summed E-state index contributed by atoms with van der Waals surface area (Å²) in [6.07, 6.45) is 0. The molecule has 1 aromatic rings. The van der Waals surface area contributed by atoms with E-state index in [2.05, 4.69) is 19.6 Å². The second-order valence-electron chi connectivity index (χ2n) is 6.54. The Bertz CT molecular complexity index is 468. The summed E-state index contributed by atoms with van der Waals surface area (Å²) in [5.41, 5.74) is 1.83. The lowest BCUT2D eigenvalue weighted by Gasteiger charge is -2.29. The molecule has 22 heavy (non-hydrogen) atoms. The van der Waals surface area contributed by atoms with Crippen LogP contribution in [0.1, 0.15) is 11.1 Å². The van der Waals surface area contributed by atoms with Gasteiger partial charge in [0.15, 0.2) is 0 Å².